The lowest BCUT2D eigenvalue weighted by molar-refractivity contribution is 0.166. The first-order chi connectivity index (χ1) is 8.61. The normalized spacial score (nSPS) is 12.7. The highest BCUT2D eigenvalue weighted by molar-refractivity contribution is 9.11. The summed E-state index contributed by atoms with van der Waals surface area (Å²) in [6.45, 7) is 0.316. The molecule has 2 N–H and O–H groups in total. The van der Waals surface area contributed by atoms with Gasteiger partial charge in [-0.25, -0.2) is 0 Å². The number of aromatic nitrogens is 3. The van der Waals surface area contributed by atoms with Crippen molar-refractivity contribution in [3.63, 3.8) is 0 Å². The predicted molar refractivity (Wildman–Crippen MR) is 71.7 cm³/mol. The minimum atomic E-state index is -0.439. The van der Waals surface area contributed by atoms with E-state index in [0.717, 1.165) is 8.95 Å². The monoisotopic (exact) mass is 376 g/mol. The molecule has 0 aliphatic rings. The number of pyridine rings is 1. The first-order valence-electron chi connectivity index (χ1n) is 5.01. The van der Waals surface area contributed by atoms with Crippen molar-refractivity contribution in [3.05, 3.63) is 27.1 Å². The summed E-state index contributed by atoms with van der Waals surface area (Å²) >= 11 is 6.72. The van der Waals surface area contributed by atoms with Crippen molar-refractivity contribution < 1.29 is 9.26 Å². The van der Waals surface area contributed by atoms with E-state index in [-0.39, 0.29) is 0 Å². The summed E-state index contributed by atoms with van der Waals surface area (Å²) in [5.74, 6) is 0.708. The summed E-state index contributed by atoms with van der Waals surface area (Å²) in [4.78, 5) is 8.41. The van der Waals surface area contributed by atoms with E-state index in [1.165, 1.54) is 0 Å². The molecule has 2 heterocycles. The fraction of sp³-hybridized carbons (Fsp3) is 0.300. The van der Waals surface area contributed by atoms with Crippen LogP contribution in [0.25, 0.3) is 11.5 Å². The minimum absolute atomic E-state index is 0.316. The number of hydrogen-bond acceptors (Lipinski definition) is 6. The van der Waals surface area contributed by atoms with Gasteiger partial charge in [-0.15, -0.1) is 0 Å². The number of ether oxygens (including phenoxy) is 1. The van der Waals surface area contributed by atoms with Gasteiger partial charge in [0, 0.05) is 22.3 Å². The Kier molecular flexibility index (Phi) is 4.44. The first kappa shape index (κ1) is 13.6. The Morgan fingerprint density at radius 2 is 2.28 bits per heavy atom. The maximum absolute atomic E-state index is 5.80. The van der Waals surface area contributed by atoms with Crippen molar-refractivity contribution in [3.8, 4) is 11.5 Å². The molecule has 0 saturated carbocycles. The third-order valence-corrected chi connectivity index (χ3v) is 3.16. The average molecular weight is 378 g/mol. The summed E-state index contributed by atoms with van der Waals surface area (Å²) in [5.41, 5.74) is 6.39. The summed E-state index contributed by atoms with van der Waals surface area (Å²) in [7, 11) is 1.56. The van der Waals surface area contributed by atoms with Crippen LogP contribution in [0.3, 0.4) is 0 Å². The number of methoxy groups -OCH3 is 1. The van der Waals surface area contributed by atoms with E-state index in [1.54, 1.807) is 13.3 Å². The summed E-state index contributed by atoms with van der Waals surface area (Å²) in [6, 6.07) is 1.42. The summed E-state index contributed by atoms with van der Waals surface area (Å²) in [6.07, 6.45) is 1.66. The Hall–Kier alpha value is -0.830. The van der Waals surface area contributed by atoms with E-state index in [1.807, 2.05) is 6.07 Å². The number of rotatable bonds is 4. The Morgan fingerprint density at radius 3 is 2.94 bits per heavy atom. The molecule has 0 aromatic carbocycles. The van der Waals surface area contributed by atoms with Gasteiger partial charge < -0.3 is 15.0 Å². The van der Waals surface area contributed by atoms with Crippen LogP contribution in [0.1, 0.15) is 11.9 Å². The Bertz CT molecular complexity index is 546. The smallest absolute Gasteiger partial charge is 0.246 e. The Balaban J connectivity index is 2.29. The molecule has 0 bridgehead atoms. The van der Waals surface area contributed by atoms with Crippen molar-refractivity contribution in [2.24, 2.45) is 5.73 Å². The molecule has 2 aromatic heterocycles. The van der Waals surface area contributed by atoms with E-state index in [4.69, 9.17) is 15.0 Å². The van der Waals surface area contributed by atoms with E-state index >= 15 is 0 Å². The zero-order valence-corrected chi connectivity index (χ0v) is 12.6. The molecule has 0 saturated heterocycles. The summed E-state index contributed by atoms with van der Waals surface area (Å²) < 4.78 is 11.6. The topological polar surface area (TPSA) is 87.1 Å². The quantitative estimate of drug-likeness (QED) is 0.879. The van der Waals surface area contributed by atoms with Crippen molar-refractivity contribution >= 4 is 31.9 Å². The average Bonchev–Trinajstić information content (AvgIpc) is 2.78. The van der Waals surface area contributed by atoms with Crippen LogP contribution in [0.4, 0.5) is 0 Å². The summed E-state index contributed by atoms with van der Waals surface area (Å²) in [5, 5.41) is 3.85. The van der Waals surface area contributed by atoms with Crippen LogP contribution in [0.2, 0.25) is 0 Å². The molecular formula is C10H10Br2N4O2. The van der Waals surface area contributed by atoms with Crippen LogP contribution in [0.5, 0.6) is 0 Å². The molecule has 1 unspecified atom stereocenters. The molecule has 0 amide bonds. The van der Waals surface area contributed by atoms with Gasteiger partial charge in [-0.2, -0.15) is 4.98 Å². The molecule has 2 aromatic rings. The fourth-order valence-corrected chi connectivity index (χ4v) is 2.48. The second-order valence-corrected chi connectivity index (χ2v) is 5.27. The zero-order chi connectivity index (χ0) is 13.1. The molecule has 2 rings (SSSR count). The predicted octanol–water partition coefficient (Wildman–Crippen LogP) is 2.30. The molecule has 96 valence electrons. The molecular weight excluding hydrogens is 368 g/mol. The molecule has 6 nitrogen and oxygen atoms in total. The van der Waals surface area contributed by atoms with E-state index in [9.17, 15) is 0 Å². The molecule has 0 fully saturated rings. The SMILES string of the molecule is COCC(N)c1nc(-c2ncc(Br)cc2Br)no1. The highest BCUT2D eigenvalue weighted by atomic mass is 79.9. The van der Waals surface area contributed by atoms with E-state index in [0.29, 0.717) is 24.0 Å². The van der Waals surface area contributed by atoms with Gasteiger partial charge in [0.05, 0.1) is 6.61 Å². The van der Waals surface area contributed by atoms with Crippen molar-refractivity contribution in [2.45, 2.75) is 6.04 Å². The van der Waals surface area contributed by atoms with Gasteiger partial charge in [0.25, 0.3) is 0 Å². The highest BCUT2D eigenvalue weighted by Crippen LogP contribution is 2.27. The molecule has 0 aliphatic carbocycles. The van der Waals surface area contributed by atoms with Crippen LogP contribution in [0.15, 0.2) is 25.7 Å². The van der Waals surface area contributed by atoms with Gasteiger partial charge in [0.15, 0.2) is 0 Å². The van der Waals surface area contributed by atoms with E-state index in [2.05, 4.69) is 47.0 Å². The van der Waals surface area contributed by atoms with Crippen molar-refractivity contribution in [1.82, 2.24) is 15.1 Å². The van der Waals surface area contributed by atoms with E-state index < -0.39 is 6.04 Å². The van der Waals surface area contributed by atoms with Crippen LogP contribution in [-0.2, 0) is 4.74 Å². The number of halogens is 2. The largest absolute Gasteiger partial charge is 0.383 e. The van der Waals surface area contributed by atoms with Gasteiger partial charge in [-0.3, -0.25) is 4.98 Å². The van der Waals surface area contributed by atoms with Crippen LogP contribution < -0.4 is 5.73 Å². The zero-order valence-electron chi connectivity index (χ0n) is 9.43. The second-order valence-electron chi connectivity index (χ2n) is 3.50. The standard InChI is InChI=1S/C10H10Br2N4O2/c1-17-4-7(13)10-15-9(16-18-10)8-6(12)2-5(11)3-14-8/h2-3,7H,4,13H2,1H3. The molecule has 0 radical (unpaired) electrons. The fourth-order valence-electron chi connectivity index (χ4n) is 1.31. The van der Waals surface area contributed by atoms with Gasteiger partial charge >= 0.3 is 0 Å². The first-order valence-corrected chi connectivity index (χ1v) is 6.60. The lowest BCUT2D eigenvalue weighted by Gasteiger charge is -2.03. The molecule has 18 heavy (non-hydrogen) atoms. The van der Waals surface area contributed by atoms with Crippen molar-refractivity contribution in [2.75, 3.05) is 13.7 Å². The maximum atomic E-state index is 5.80. The molecule has 0 spiro atoms. The van der Waals surface area contributed by atoms with Crippen molar-refractivity contribution in [1.29, 1.82) is 0 Å². The van der Waals surface area contributed by atoms with Crippen LogP contribution in [-0.4, -0.2) is 28.8 Å². The minimum Gasteiger partial charge on any atom is -0.383 e. The number of nitrogens with two attached hydrogens (primary N) is 1. The lowest BCUT2D eigenvalue weighted by Crippen LogP contribution is -2.16. The highest BCUT2D eigenvalue weighted by Gasteiger charge is 2.17. The second kappa shape index (κ2) is 5.87. The Labute approximate surface area is 120 Å². The number of hydrogen-bond donors (Lipinski definition) is 1. The Morgan fingerprint density at radius 1 is 1.50 bits per heavy atom. The number of nitrogens with zero attached hydrogens (tertiary/aromatic N) is 3. The third kappa shape index (κ3) is 2.94. The maximum Gasteiger partial charge on any atom is 0.246 e. The molecule has 8 heteroatoms. The third-order valence-electron chi connectivity index (χ3n) is 2.12. The lowest BCUT2D eigenvalue weighted by atomic mass is 10.3. The molecule has 0 aliphatic heterocycles. The van der Waals surface area contributed by atoms with Gasteiger partial charge in [-0.05, 0) is 37.9 Å². The van der Waals surface area contributed by atoms with Crippen LogP contribution in [0, 0.1) is 0 Å². The van der Waals surface area contributed by atoms with Crippen LogP contribution >= 0.6 is 31.9 Å². The van der Waals surface area contributed by atoms with Gasteiger partial charge in [0.1, 0.15) is 11.7 Å². The van der Waals surface area contributed by atoms with Gasteiger partial charge in [0.2, 0.25) is 11.7 Å². The molecule has 1 atom stereocenters. The van der Waals surface area contributed by atoms with Gasteiger partial charge in [-0.1, -0.05) is 5.16 Å².